The van der Waals surface area contributed by atoms with E-state index in [4.69, 9.17) is 0 Å². The van der Waals surface area contributed by atoms with Gasteiger partial charge in [-0.3, -0.25) is 9.59 Å². The molecule has 0 atom stereocenters. The van der Waals surface area contributed by atoms with E-state index in [1.165, 1.54) is 0 Å². The van der Waals surface area contributed by atoms with Crippen molar-refractivity contribution in [3.8, 4) is 0 Å². The summed E-state index contributed by atoms with van der Waals surface area (Å²) in [4.78, 5) is 51.0. The molecule has 8 nitrogen and oxygen atoms in total. The van der Waals surface area contributed by atoms with Crippen LogP contribution in [0, 0.1) is 0 Å². The van der Waals surface area contributed by atoms with Crippen LogP contribution in [0.5, 0.6) is 0 Å². The van der Waals surface area contributed by atoms with Crippen molar-refractivity contribution in [1.29, 1.82) is 0 Å². The summed E-state index contributed by atoms with van der Waals surface area (Å²) in [6.07, 6.45) is 0.173. The van der Waals surface area contributed by atoms with E-state index in [9.17, 15) is 29.4 Å². The molecule has 0 aromatic heterocycles. The first-order valence-electron chi connectivity index (χ1n) is 8.19. The Kier molecular flexibility index (Phi) is 7.26. The van der Waals surface area contributed by atoms with E-state index >= 15 is 0 Å². The third kappa shape index (κ3) is 5.08. The van der Waals surface area contributed by atoms with Gasteiger partial charge in [-0.25, -0.2) is 9.98 Å². The number of aliphatic carboxylic acids is 2. The van der Waals surface area contributed by atoms with Crippen LogP contribution in [0.4, 0.5) is 11.4 Å². The molecule has 4 rings (SSSR count). The standard InChI is InChI=1S/2C10H7NO3.Pb/c2*12-8-5-6-3-1-2-4-7(6)11-9(8)10(13)14;/h2*1-4H,5H2,(H,13,14);/q;;+2/p-2. The minimum atomic E-state index is -1.51. The molecule has 29 heavy (non-hydrogen) atoms. The van der Waals surface area contributed by atoms with Crippen molar-refractivity contribution in [2.24, 2.45) is 9.98 Å². The molecule has 0 amide bonds. The van der Waals surface area contributed by atoms with Gasteiger partial charge in [0.05, 0.1) is 23.3 Å². The Balaban J connectivity index is 0.000000200. The van der Waals surface area contributed by atoms with E-state index < -0.39 is 34.9 Å². The average Bonchev–Trinajstić information content (AvgIpc) is 2.67. The second-order valence-electron chi connectivity index (χ2n) is 5.95. The molecule has 0 saturated carbocycles. The van der Waals surface area contributed by atoms with Gasteiger partial charge < -0.3 is 19.8 Å². The van der Waals surface area contributed by atoms with Gasteiger partial charge in [-0.1, -0.05) is 36.4 Å². The van der Waals surface area contributed by atoms with Gasteiger partial charge in [0.25, 0.3) is 0 Å². The van der Waals surface area contributed by atoms with E-state index in [1.54, 1.807) is 48.5 Å². The molecule has 0 fully saturated rings. The molecule has 0 saturated heterocycles. The smallest absolute Gasteiger partial charge is 0.543 e. The van der Waals surface area contributed by atoms with Crippen LogP contribution in [-0.4, -0.2) is 62.2 Å². The molecule has 2 heterocycles. The van der Waals surface area contributed by atoms with Gasteiger partial charge in [0, 0.05) is 12.8 Å². The molecular formula is C20H12N2O6Pb. The van der Waals surface area contributed by atoms with Crippen molar-refractivity contribution in [2.75, 3.05) is 0 Å². The number of carboxylic acids is 2. The molecule has 2 aliphatic rings. The first-order chi connectivity index (χ1) is 13.4. The van der Waals surface area contributed by atoms with E-state index in [1.807, 2.05) is 0 Å². The van der Waals surface area contributed by atoms with Crippen molar-refractivity contribution in [3.63, 3.8) is 0 Å². The number of benzene rings is 2. The molecule has 2 aromatic carbocycles. The number of carbonyl (C=O) groups excluding carboxylic acids is 4. The molecule has 2 aromatic rings. The Bertz CT molecular complexity index is 989. The van der Waals surface area contributed by atoms with Crippen LogP contribution in [0.15, 0.2) is 58.5 Å². The Morgan fingerprint density at radius 3 is 1.38 bits per heavy atom. The Morgan fingerprint density at radius 2 is 1.03 bits per heavy atom. The summed E-state index contributed by atoms with van der Waals surface area (Å²) in [5.41, 5.74) is 1.61. The Labute approximate surface area is 185 Å². The number of para-hydroxylation sites is 2. The van der Waals surface area contributed by atoms with Crippen molar-refractivity contribution in [3.05, 3.63) is 59.7 Å². The molecule has 2 radical (unpaired) electrons. The second-order valence-corrected chi connectivity index (χ2v) is 5.95. The fraction of sp³-hybridized carbons (Fsp3) is 0.100. The van der Waals surface area contributed by atoms with E-state index in [0.29, 0.717) is 11.4 Å². The minimum Gasteiger partial charge on any atom is -0.543 e. The number of ketones is 2. The van der Waals surface area contributed by atoms with E-state index in [0.717, 1.165) is 11.1 Å². The van der Waals surface area contributed by atoms with Crippen LogP contribution < -0.4 is 10.2 Å². The topological polar surface area (TPSA) is 139 Å². The third-order valence-electron chi connectivity index (χ3n) is 4.06. The van der Waals surface area contributed by atoms with Gasteiger partial charge in [0.2, 0.25) is 0 Å². The van der Waals surface area contributed by atoms with E-state index in [2.05, 4.69) is 9.98 Å². The van der Waals surface area contributed by atoms with Crippen LogP contribution in [0.25, 0.3) is 0 Å². The van der Waals surface area contributed by atoms with Crippen LogP contribution in [-0.2, 0) is 32.0 Å². The van der Waals surface area contributed by atoms with Crippen LogP contribution in [0.3, 0.4) is 0 Å². The summed E-state index contributed by atoms with van der Waals surface area (Å²) in [6.45, 7) is 0. The van der Waals surface area contributed by atoms with Crippen molar-refractivity contribution in [2.45, 2.75) is 12.8 Å². The van der Waals surface area contributed by atoms with E-state index in [-0.39, 0.29) is 40.1 Å². The Morgan fingerprint density at radius 1 is 0.690 bits per heavy atom. The summed E-state index contributed by atoms with van der Waals surface area (Å²) in [6, 6.07) is 13.9. The largest absolute Gasteiger partial charge is 2.00 e. The quantitative estimate of drug-likeness (QED) is 0.411. The summed E-state index contributed by atoms with van der Waals surface area (Å²) >= 11 is 0. The maximum Gasteiger partial charge on any atom is 2.00 e. The van der Waals surface area contributed by atoms with Gasteiger partial charge >= 0.3 is 27.3 Å². The number of nitrogens with zero attached hydrogens (tertiary/aromatic N) is 2. The molecule has 0 unspecified atom stereocenters. The van der Waals surface area contributed by atoms with Crippen LogP contribution in [0.2, 0.25) is 0 Å². The van der Waals surface area contributed by atoms with Crippen LogP contribution >= 0.6 is 0 Å². The molecule has 2 aliphatic heterocycles. The molecular weight excluding hydrogens is 571 g/mol. The summed E-state index contributed by atoms with van der Waals surface area (Å²) in [5.74, 6) is -4.01. The number of fused-ring (bicyclic) bond motifs is 2. The number of hydrogen-bond donors (Lipinski definition) is 0. The Hall–Kier alpha value is -3.02. The zero-order valence-electron chi connectivity index (χ0n) is 14.9. The zero-order valence-corrected chi connectivity index (χ0v) is 18.8. The number of carbonyl (C=O) groups is 4. The van der Waals surface area contributed by atoms with Gasteiger partial charge in [0.15, 0.2) is 11.6 Å². The van der Waals surface area contributed by atoms with Crippen molar-refractivity contribution >= 4 is 73.6 Å². The van der Waals surface area contributed by atoms with Crippen LogP contribution in [0.1, 0.15) is 11.1 Å². The van der Waals surface area contributed by atoms with Gasteiger partial charge in [-0.15, -0.1) is 0 Å². The fourth-order valence-electron chi connectivity index (χ4n) is 2.74. The summed E-state index contributed by atoms with van der Waals surface area (Å²) < 4.78 is 0. The maximum atomic E-state index is 11.2. The predicted octanol–water partition coefficient (Wildman–Crippen LogP) is -1.11. The third-order valence-corrected chi connectivity index (χ3v) is 4.06. The minimum absolute atomic E-state index is 0. The SMILES string of the molecule is O=C([O-])C1=Nc2ccccc2CC1=O.O=C([O-])C1=Nc2ccccc2CC1=O.[Pb+2]. The number of carboxylic acid groups (broad SMARTS) is 2. The van der Waals surface area contributed by atoms with Crippen molar-refractivity contribution < 1.29 is 29.4 Å². The number of Topliss-reactive ketones (excluding diaryl/α,β-unsaturated/α-hetero) is 2. The normalized spacial score (nSPS) is 14.1. The maximum absolute atomic E-state index is 11.2. The first-order valence-corrected chi connectivity index (χ1v) is 8.19. The monoisotopic (exact) mass is 584 g/mol. The molecule has 0 spiro atoms. The molecule has 0 N–H and O–H groups in total. The van der Waals surface area contributed by atoms with Gasteiger partial charge in [-0.2, -0.15) is 0 Å². The molecule has 9 heteroatoms. The van der Waals surface area contributed by atoms with Crippen molar-refractivity contribution in [1.82, 2.24) is 0 Å². The average molecular weight is 584 g/mol. The molecule has 0 bridgehead atoms. The molecule has 0 aliphatic carbocycles. The van der Waals surface area contributed by atoms with Gasteiger partial charge in [0.1, 0.15) is 11.4 Å². The number of aliphatic imine (C=N–C) groups is 2. The number of rotatable bonds is 2. The molecule has 142 valence electrons. The summed E-state index contributed by atoms with van der Waals surface area (Å²) in [7, 11) is 0. The summed E-state index contributed by atoms with van der Waals surface area (Å²) in [5, 5.41) is 21.0. The fourth-order valence-corrected chi connectivity index (χ4v) is 2.74. The van der Waals surface area contributed by atoms with Gasteiger partial charge in [-0.05, 0) is 23.3 Å². The number of hydrogen-bond acceptors (Lipinski definition) is 8. The first kappa shape index (κ1) is 22.3. The predicted molar refractivity (Wildman–Crippen MR) is 100 cm³/mol. The zero-order chi connectivity index (χ0) is 20.3. The second kappa shape index (κ2) is 9.46.